The molecular formula is C22H23FN2O5. The summed E-state index contributed by atoms with van der Waals surface area (Å²) >= 11 is 0. The minimum Gasteiger partial charge on any atom is -0.491 e. The van der Waals surface area contributed by atoms with Crippen LogP contribution < -0.4 is 15.0 Å². The Labute approximate surface area is 173 Å². The van der Waals surface area contributed by atoms with E-state index in [0.29, 0.717) is 17.1 Å². The van der Waals surface area contributed by atoms with Crippen LogP contribution in [0.3, 0.4) is 0 Å². The van der Waals surface area contributed by atoms with Gasteiger partial charge in [-0.2, -0.15) is 0 Å². The average molecular weight is 414 g/mol. The number of hydrogen-bond donors (Lipinski definition) is 1. The molecule has 1 N–H and O–H groups in total. The van der Waals surface area contributed by atoms with Gasteiger partial charge in [0.2, 0.25) is 5.91 Å². The van der Waals surface area contributed by atoms with Crippen LogP contribution in [-0.2, 0) is 19.1 Å². The smallest absolute Gasteiger partial charge is 0.311 e. The van der Waals surface area contributed by atoms with E-state index in [1.165, 1.54) is 29.2 Å². The minimum absolute atomic E-state index is 0.0165. The van der Waals surface area contributed by atoms with Gasteiger partial charge in [-0.15, -0.1) is 0 Å². The largest absolute Gasteiger partial charge is 0.491 e. The van der Waals surface area contributed by atoms with Crippen LogP contribution in [0.1, 0.15) is 20.3 Å². The van der Waals surface area contributed by atoms with E-state index in [-0.39, 0.29) is 25.0 Å². The van der Waals surface area contributed by atoms with Crippen LogP contribution in [0.25, 0.3) is 0 Å². The number of nitrogens with one attached hydrogen (secondary N) is 1. The lowest BCUT2D eigenvalue weighted by Gasteiger charge is -2.17. The Bertz CT molecular complexity index is 912. The third-order valence-electron chi connectivity index (χ3n) is 4.45. The van der Waals surface area contributed by atoms with Crippen molar-refractivity contribution in [3.63, 3.8) is 0 Å². The second-order valence-corrected chi connectivity index (χ2v) is 7.23. The van der Waals surface area contributed by atoms with Crippen molar-refractivity contribution >= 4 is 29.2 Å². The Morgan fingerprint density at radius 2 is 1.80 bits per heavy atom. The fourth-order valence-electron chi connectivity index (χ4n) is 3.08. The average Bonchev–Trinajstić information content (AvgIpc) is 3.10. The highest BCUT2D eigenvalue weighted by Crippen LogP contribution is 2.27. The van der Waals surface area contributed by atoms with Crippen LogP contribution in [0.15, 0.2) is 48.5 Å². The number of hydrogen-bond acceptors (Lipinski definition) is 5. The third kappa shape index (κ3) is 5.56. The van der Waals surface area contributed by atoms with Crippen molar-refractivity contribution < 1.29 is 28.2 Å². The maximum absolute atomic E-state index is 12.9. The fourth-order valence-corrected chi connectivity index (χ4v) is 3.08. The lowest BCUT2D eigenvalue weighted by atomic mass is 10.1. The van der Waals surface area contributed by atoms with Crippen LogP contribution in [0.2, 0.25) is 0 Å². The zero-order chi connectivity index (χ0) is 21.7. The molecule has 0 bridgehead atoms. The van der Waals surface area contributed by atoms with E-state index in [9.17, 15) is 18.8 Å². The van der Waals surface area contributed by atoms with Crippen LogP contribution >= 0.6 is 0 Å². The highest BCUT2D eigenvalue weighted by molar-refractivity contribution is 6.00. The summed E-state index contributed by atoms with van der Waals surface area (Å²) in [5.41, 5.74) is 1.06. The van der Waals surface area contributed by atoms with Crippen LogP contribution in [0.4, 0.5) is 15.8 Å². The van der Waals surface area contributed by atoms with Crippen LogP contribution in [-0.4, -0.2) is 37.0 Å². The molecule has 2 aromatic rings. The molecule has 0 aromatic heterocycles. The predicted molar refractivity (Wildman–Crippen MR) is 109 cm³/mol. The summed E-state index contributed by atoms with van der Waals surface area (Å²) in [7, 11) is 0. The lowest BCUT2D eigenvalue weighted by molar-refractivity contribution is -0.151. The number of ether oxygens (including phenoxy) is 2. The molecule has 7 nitrogen and oxygen atoms in total. The molecule has 1 aliphatic heterocycles. The number of esters is 1. The molecule has 2 aromatic carbocycles. The highest BCUT2D eigenvalue weighted by Gasteiger charge is 2.36. The maximum atomic E-state index is 12.9. The molecule has 2 amide bonds. The molecule has 3 rings (SSSR count). The van der Waals surface area contributed by atoms with Gasteiger partial charge in [-0.25, -0.2) is 4.39 Å². The van der Waals surface area contributed by atoms with Crippen molar-refractivity contribution in [1.29, 1.82) is 0 Å². The van der Waals surface area contributed by atoms with E-state index >= 15 is 0 Å². The number of nitrogens with zero attached hydrogens (tertiary/aromatic N) is 1. The molecular weight excluding hydrogens is 391 g/mol. The third-order valence-corrected chi connectivity index (χ3v) is 4.45. The van der Waals surface area contributed by atoms with Crippen molar-refractivity contribution in [3.8, 4) is 5.75 Å². The summed E-state index contributed by atoms with van der Waals surface area (Å²) in [6.45, 7) is 3.55. The Morgan fingerprint density at radius 1 is 1.13 bits per heavy atom. The SMILES string of the molecule is CC(C)Oc1ccc(N2C[C@H](C(=O)OCC(=O)Nc3ccc(F)cc3)CC2=O)cc1. The van der Waals surface area contributed by atoms with E-state index < -0.39 is 30.2 Å². The second-order valence-electron chi connectivity index (χ2n) is 7.23. The summed E-state index contributed by atoms with van der Waals surface area (Å²) in [4.78, 5) is 38.1. The standard InChI is InChI=1S/C22H23FN2O5/c1-14(2)30-19-9-7-18(8-10-19)25-12-15(11-21(25)27)22(28)29-13-20(26)24-17-5-3-16(23)4-6-17/h3-10,14-15H,11-13H2,1-2H3,(H,24,26)/t15-/m1/s1. The van der Waals surface area contributed by atoms with Gasteiger partial charge < -0.3 is 19.7 Å². The number of anilines is 2. The van der Waals surface area contributed by atoms with E-state index in [2.05, 4.69) is 5.32 Å². The quantitative estimate of drug-likeness (QED) is 0.704. The Morgan fingerprint density at radius 3 is 2.43 bits per heavy atom. The van der Waals surface area contributed by atoms with E-state index in [1.807, 2.05) is 13.8 Å². The first-order chi connectivity index (χ1) is 14.3. The monoisotopic (exact) mass is 414 g/mol. The number of rotatable bonds is 7. The van der Waals surface area contributed by atoms with Crippen LogP contribution in [0, 0.1) is 11.7 Å². The number of carbonyl (C=O) groups excluding carboxylic acids is 3. The molecule has 1 fully saturated rings. The van der Waals surface area contributed by atoms with Gasteiger partial charge in [0.25, 0.3) is 5.91 Å². The highest BCUT2D eigenvalue weighted by atomic mass is 19.1. The first-order valence-corrected chi connectivity index (χ1v) is 9.61. The number of benzene rings is 2. The molecule has 0 spiro atoms. The van der Waals surface area contributed by atoms with Crippen molar-refractivity contribution in [2.75, 3.05) is 23.4 Å². The molecule has 158 valence electrons. The van der Waals surface area contributed by atoms with Gasteiger partial charge >= 0.3 is 5.97 Å². The number of halogens is 1. The molecule has 0 unspecified atom stereocenters. The molecule has 0 radical (unpaired) electrons. The summed E-state index contributed by atoms with van der Waals surface area (Å²) in [6.07, 6.45) is 0.0616. The first kappa shape index (κ1) is 21.3. The van der Waals surface area contributed by atoms with E-state index in [0.717, 1.165) is 0 Å². The van der Waals surface area contributed by atoms with Gasteiger partial charge in [-0.05, 0) is 62.4 Å². The van der Waals surface area contributed by atoms with Crippen LogP contribution in [0.5, 0.6) is 5.75 Å². The van der Waals surface area contributed by atoms with Gasteiger partial charge in [-0.1, -0.05) is 0 Å². The van der Waals surface area contributed by atoms with Crippen molar-refractivity contribution in [1.82, 2.24) is 0 Å². The summed E-state index contributed by atoms with van der Waals surface area (Å²) in [5, 5.41) is 2.51. The minimum atomic E-state index is -0.650. The second kappa shape index (κ2) is 9.39. The van der Waals surface area contributed by atoms with Crippen molar-refractivity contribution in [2.24, 2.45) is 5.92 Å². The molecule has 8 heteroatoms. The predicted octanol–water partition coefficient (Wildman–Crippen LogP) is 3.15. The van der Waals surface area contributed by atoms with Crippen molar-refractivity contribution in [3.05, 3.63) is 54.3 Å². The Balaban J connectivity index is 1.50. The summed E-state index contributed by atoms with van der Waals surface area (Å²) in [6, 6.07) is 12.3. The van der Waals surface area contributed by atoms with Crippen molar-refractivity contribution in [2.45, 2.75) is 26.4 Å². The molecule has 0 saturated carbocycles. The lowest BCUT2D eigenvalue weighted by Crippen LogP contribution is -2.28. The topological polar surface area (TPSA) is 84.9 Å². The zero-order valence-corrected chi connectivity index (χ0v) is 16.8. The Kier molecular flexibility index (Phi) is 6.66. The summed E-state index contributed by atoms with van der Waals surface area (Å²) in [5.74, 6) is -1.72. The molecule has 1 aliphatic rings. The normalized spacial score (nSPS) is 15.9. The van der Waals surface area contributed by atoms with Gasteiger partial charge in [0, 0.05) is 24.3 Å². The molecule has 1 heterocycles. The number of amides is 2. The molecule has 1 atom stereocenters. The number of carbonyl (C=O) groups is 3. The van der Waals surface area contributed by atoms with Gasteiger partial charge in [-0.3, -0.25) is 14.4 Å². The first-order valence-electron chi connectivity index (χ1n) is 9.61. The molecule has 0 aliphatic carbocycles. The van der Waals surface area contributed by atoms with Gasteiger partial charge in [0.05, 0.1) is 12.0 Å². The van der Waals surface area contributed by atoms with Gasteiger partial charge in [0.1, 0.15) is 11.6 Å². The van der Waals surface area contributed by atoms with E-state index in [4.69, 9.17) is 9.47 Å². The maximum Gasteiger partial charge on any atom is 0.311 e. The summed E-state index contributed by atoms with van der Waals surface area (Å²) < 4.78 is 23.5. The Hall–Kier alpha value is -3.42. The molecule has 1 saturated heterocycles. The fraction of sp³-hybridized carbons (Fsp3) is 0.318. The molecule has 30 heavy (non-hydrogen) atoms. The van der Waals surface area contributed by atoms with Gasteiger partial charge in [0.15, 0.2) is 6.61 Å². The van der Waals surface area contributed by atoms with E-state index in [1.54, 1.807) is 24.3 Å². The zero-order valence-electron chi connectivity index (χ0n) is 16.8.